The van der Waals surface area contributed by atoms with Gasteiger partial charge in [0.1, 0.15) is 22.3 Å². The van der Waals surface area contributed by atoms with Gasteiger partial charge in [0.25, 0.3) is 0 Å². The first-order valence-corrected chi connectivity index (χ1v) is 7.92. The number of hydrogen-bond donors (Lipinski definition) is 1. The largest absolute Gasteiger partial charge is 0.457 e. The molecular weight excluding hydrogens is 326 g/mol. The Morgan fingerprint density at radius 1 is 1.17 bits per heavy atom. The van der Waals surface area contributed by atoms with Crippen molar-refractivity contribution in [1.82, 2.24) is 20.4 Å². The number of halogens is 1. The van der Waals surface area contributed by atoms with Crippen LogP contribution in [0.25, 0.3) is 5.69 Å². The smallest absolute Gasteiger partial charge is 0.302 e. The number of hydrogen-bond acceptors (Lipinski definition) is 4. The highest BCUT2D eigenvalue weighted by Crippen LogP contribution is 2.28. The van der Waals surface area contributed by atoms with E-state index < -0.39 is 0 Å². The van der Waals surface area contributed by atoms with Crippen molar-refractivity contribution in [2.24, 2.45) is 0 Å². The van der Waals surface area contributed by atoms with E-state index in [4.69, 9.17) is 16.3 Å². The highest BCUT2D eigenvalue weighted by molar-refractivity contribution is 6.30. The van der Waals surface area contributed by atoms with Crippen molar-refractivity contribution in [1.29, 1.82) is 0 Å². The molecule has 124 valence electrons. The maximum Gasteiger partial charge on any atom is 0.302 e. The predicted octanol–water partition coefficient (Wildman–Crippen LogP) is 2.90. The zero-order chi connectivity index (χ0) is 17.1. The second-order valence-corrected chi connectivity index (χ2v) is 6.20. The average molecular weight is 345 g/mol. The Bertz CT molecular complexity index is 829. The Balaban J connectivity index is 1.96. The van der Waals surface area contributed by atoms with Crippen molar-refractivity contribution in [2.45, 2.75) is 13.5 Å². The summed E-state index contributed by atoms with van der Waals surface area (Å²) in [4.78, 5) is 2.09. The van der Waals surface area contributed by atoms with E-state index in [2.05, 4.69) is 26.5 Å². The van der Waals surface area contributed by atoms with Crippen LogP contribution in [0, 0.1) is 6.92 Å². The molecule has 24 heavy (non-hydrogen) atoms. The molecule has 0 unspecified atom stereocenters. The lowest BCUT2D eigenvalue weighted by atomic mass is 10.1. The van der Waals surface area contributed by atoms with Gasteiger partial charge in [-0.3, -0.25) is 0 Å². The Labute approximate surface area is 145 Å². The molecule has 0 atom stereocenters. The van der Waals surface area contributed by atoms with Crippen LogP contribution < -0.4 is 9.42 Å². The summed E-state index contributed by atoms with van der Waals surface area (Å²) in [5, 5.41) is 11.4. The zero-order valence-corrected chi connectivity index (χ0v) is 14.6. The number of ether oxygens (including phenoxy) is 1. The summed E-state index contributed by atoms with van der Waals surface area (Å²) in [5.41, 5.74) is 2.02. The molecule has 0 spiro atoms. The number of tetrazole rings is 1. The number of aryl methyl sites for hydroxylation is 1. The Morgan fingerprint density at radius 2 is 1.92 bits per heavy atom. The first-order chi connectivity index (χ1) is 11.5. The van der Waals surface area contributed by atoms with Crippen LogP contribution >= 0.6 is 11.6 Å². The van der Waals surface area contributed by atoms with Gasteiger partial charge in [-0.2, -0.15) is 0 Å². The molecule has 0 radical (unpaired) electrons. The molecule has 0 aliphatic rings. The molecule has 6 nitrogen and oxygen atoms in total. The lowest BCUT2D eigenvalue weighted by Crippen LogP contribution is -2.35. The number of benzene rings is 2. The fourth-order valence-electron chi connectivity index (χ4n) is 2.40. The third-order valence-electron chi connectivity index (χ3n) is 3.49. The second-order valence-electron chi connectivity index (χ2n) is 5.77. The quantitative estimate of drug-likeness (QED) is 0.723. The number of nitrogens with one attached hydrogen (secondary N) is 1. The minimum absolute atomic E-state index is 0.685. The van der Waals surface area contributed by atoms with Crippen LogP contribution in [-0.4, -0.2) is 34.5 Å². The molecule has 1 heterocycles. The van der Waals surface area contributed by atoms with E-state index in [0.717, 1.165) is 35.1 Å². The molecule has 2 aromatic carbocycles. The fraction of sp³-hybridized carbons (Fsp3) is 0.235. The van der Waals surface area contributed by atoms with Gasteiger partial charge in [-0.05, 0) is 56.6 Å². The lowest BCUT2D eigenvalue weighted by molar-refractivity contribution is -0.666. The van der Waals surface area contributed by atoms with Crippen LogP contribution in [0.4, 0.5) is 0 Å². The summed E-state index contributed by atoms with van der Waals surface area (Å²) >= 11 is 5.93. The minimum atomic E-state index is 0.685. The number of aromatic nitrogens is 4. The van der Waals surface area contributed by atoms with Crippen molar-refractivity contribution in [3.05, 3.63) is 58.9 Å². The molecule has 0 aliphatic heterocycles. The average Bonchev–Trinajstić information content (AvgIpc) is 2.97. The van der Waals surface area contributed by atoms with Crippen LogP contribution in [-0.2, 0) is 6.54 Å². The van der Waals surface area contributed by atoms with Gasteiger partial charge in [-0.1, -0.05) is 16.8 Å². The SMILES string of the molecule is Cc1nn[nH][n+]1-c1ccc(Oc2ccc(Cl)cc2)c(CN(C)C)c1. The van der Waals surface area contributed by atoms with Gasteiger partial charge in [-0.25, -0.2) is 0 Å². The van der Waals surface area contributed by atoms with Gasteiger partial charge in [0.05, 0.1) is 0 Å². The fourth-order valence-corrected chi connectivity index (χ4v) is 2.53. The van der Waals surface area contributed by atoms with Crippen LogP contribution in [0.15, 0.2) is 42.5 Å². The third kappa shape index (κ3) is 3.72. The summed E-state index contributed by atoms with van der Waals surface area (Å²) in [5.74, 6) is 2.34. The first-order valence-electron chi connectivity index (χ1n) is 7.54. The molecule has 3 aromatic rings. The van der Waals surface area contributed by atoms with E-state index >= 15 is 0 Å². The molecule has 1 aromatic heterocycles. The number of H-pyrrole nitrogens is 1. The topological polar surface area (TPSA) is 57.9 Å². The van der Waals surface area contributed by atoms with E-state index in [1.54, 1.807) is 0 Å². The van der Waals surface area contributed by atoms with Crippen molar-refractivity contribution < 1.29 is 9.42 Å². The van der Waals surface area contributed by atoms with E-state index in [1.807, 2.05) is 62.1 Å². The molecule has 0 amide bonds. The zero-order valence-electron chi connectivity index (χ0n) is 13.8. The minimum Gasteiger partial charge on any atom is -0.457 e. The molecule has 0 saturated carbocycles. The maximum absolute atomic E-state index is 6.03. The van der Waals surface area contributed by atoms with Crippen molar-refractivity contribution >= 4 is 11.6 Å². The normalized spacial score (nSPS) is 11.0. The predicted molar refractivity (Wildman–Crippen MR) is 91.6 cm³/mol. The van der Waals surface area contributed by atoms with Gasteiger partial charge in [0.15, 0.2) is 5.21 Å². The van der Waals surface area contributed by atoms with E-state index in [-0.39, 0.29) is 0 Å². The maximum atomic E-state index is 6.03. The molecule has 0 saturated heterocycles. The van der Waals surface area contributed by atoms with Crippen molar-refractivity contribution in [2.75, 3.05) is 14.1 Å². The van der Waals surface area contributed by atoms with Gasteiger partial charge in [0.2, 0.25) is 0 Å². The van der Waals surface area contributed by atoms with Crippen LogP contribution in [0.3, 0.4) is 0 Å². The van der Waals surface area contributed by atoms with Crippen molar-refractivity contribution in [3.63, 3.8) is 0 Å². The molecule has 0 aliphatic carbocycles. The summed E-state index contributed by atoms with van der Waals surface area (Å²) < 4.78 is 7.86. The summed E-state index contributed by atoms with van der Waals surface area (Å²) in [6.45, 7) is 2.64. The highest BCUT2D eigenvalue weighted by atomic mass is 35.5. The standard InChI is InChI=1S/C17H18ClN5O/c1-12-19-20-21-23(12)15-6-9-17(13(10-15)11-22(2)3)24-16-7-4-14(18)5-8-16/h4-10H,11H2,1-3H3/p+1. The molecule has 7 heteroatoms. The van der Waals surface area contributed by atoms with Crippen molar-refractivity contribution in [3.8, 4) is 17.2 Å². The van der Waals surface area contributed by atoms with Gasteiger partial charge < -0.3 is 9.64 Å². The molecule has 0 fully saturated rings. The molecule has 1 N–H and O–H groups in total. The summed E-state index contributed by atoms with van der Waals surface area (Å²) in [6, 6.07) is 13.3. The number of rotatable bonds is 5. The van der Waals surface area contributed by atoms with E-state index in [0.29, 0.717) is 5.02 Å². The number of aromatic amines is 1. The first kappa shape index (κ1) is 16.4. The summed E-state index contributed by atoms with van der Waals surface area (Å²) in [6.07, 6.45) is 0. The lowest BCUT2D eigenvalue weighted by Gasteiger charge is -2.15. The van der Waals surface area contributed by atoms with Gasteiger partial charge >= 0.3 is 5.82 Å². The van der Waals surface area contributed by atoms with Crippen LogP contribution in [0.1, 0.15) is 11.4 Å². The number of nitrogens with zero attached hydrogens (tertiary/aromatic N) is 4. The van der Waals surface area contributed by atoms with Crippen LogP contribution in [0.5, 0.6) is 11.5 Å². The third-order valence-corrected chi connectivity index (χ3v) is 3.75. The van der Waals surface area contributed by atoms with E-state index in [9.17, 15) is 0 Å². The summed E-state index contributed by atoms with van der Waals surface area (Å²) in [7, 11) is 4.05. The molecule has 0 bridgehead atoms. The van der Waals surface area contributed by atoms with Gasteiger partial charge in [0, 0.05) is 24.1 Å². The molecular formula is C17H19ClN5O+. The Morgan fingerprint density at radius 3 is 2.54 bits per heavy atom. The Hall–Kier alpha value is -2.44. The van der Waals surface area contributed by atoms with Crippen LogP contribution in [0.2, 0.25) is 5.02 Å². The second kappa shape index (κ2) is 6.98. The highest BCUT2D eigenvalue weighted by Gasteiger charge is 2.15. The molecule has 3 rings (SSSR count). The van der Waals surface area contributed by atoms with E-state index in [1.165, 1.54) is 0 Å². The Kier molecular flexibility index (Phi) is 4.78. The van der Waals surface area contributed by atoms with Gasteiger partial charge in [-0.15, -0.1) is 4.68 Å². The monoisotopic (exact) mass is 344 g/mol.